The van der Waals surface area contributed by atoms with E-state index in [0.29, 0.717) is 6.04 Å². The lowest BCUT2D eigenvalue weighted by Gasteiger charge is -2.25. The highest BCUT2D eigenvalue weighted by atomic mass is 79.9. The molecular weight excluding hydrogens is 324 g/mol. The predicted molar refractivity (Wildman–Crippen MR) is 95.5 cm³/mol. The van der Waals surface area contributed by atoms with Gasteiger partial charge in [0.2, 0.25) is 0 Å². The molecule has 0 saturated heterocycles. The molecule has 2 rings (SSSR count). The quantitative estimate of drug-likeness (QED) is 0.813. The zero-order chi connectivity index (χ0) is 15.4. The molecule has 0 aromatic heterocycles. The van der Waals surface area contributed by atoms with Gasteiger partial charge in [-0.1, -0.05) is 35.0 Å². The van der Waals surface area contributed by atoms with Crippen LogP contribution in [0.4, 0.5) is 11.4 Å². The Hall–Kier alpha value is -1.32. The summed E-state index contributed by atoms with van der Waals surface area (Å²) in [4.78, 5) is 2.25. The van der Waals surface area contributed by atoms with E-state index in [2.05, 4.69) is 89.5 Å². The Bertz CT molecular complexity index is 593. The molecule has 112 valence electrons. The largest absolute Gasteiger partial charge is 0.344 e. The molecule has 1 N–H and O–H groups in total. The average molecular weight is 347 g/mol. The van der Waals surface area contributed by atoms with Crippen LogP contribution in [0, 0.1) is 0 Å². The first-order valence-electron chi connectivity index (χ1n) is 7.36. The number of hydrogen-bond donors (Lipinski definition) is 1. The molecule has 21 heavy (non-hydrogen) atoms. The second-order valence-electron chi connectivity index (χ2n) is 5.29. The molecular formula is C18H23BrN2. The molecule has 0 aliphatic heterocycles. The first-order valence-corrected chi connectivity index (χ1v) is 8.15. The molecule has 1 unspecified atom stereocenters. The highest BCUT2D eigenvalue weighted by molar-refractivity contribution is 9.10. The summed E-state index contributed by atoms with van der Waals surface area (Å²) in [5, 5.41) is 3.33. The lowest BCUT2D eigenvalue weighted by atomic mass is 10.0. The highest BCUT2D eigenvalue weighted by Crippen LogP contribution is 2.33. The summed E-state index contributed by atoms with van der Waals surface area (Å²) in [5.41, 5.74) is 5.09. The molecule has 2 aromatic rings. The van der Waals surface area contributed by atoms with Crippen LogP contribution in [0.25, 0.3) is 0 Å². The van der Waals surface area contributed by atoms with Crippen LogP contribution in [0.3, 0.4) is 0 Å². The molecule has 0 aliphatic rings. The van der Waals surface area contributed by atoms with E-state index in [-0.39, 0.29) is 0 Å². The van der Waals surface area contributed by atoms with Crippen molar-refractivity contribution in [2.45, 2.75) is 26.3 Å². The van der Waals surface area contributed by atoms with Crippen molar-refractivity contribution in [1.82, 2.24) is 5.32 Å². The molecule has 2 aromatic carbocycles. The average Bonchev–Trinajstić information content (AvgIpc) is 2.53. The van der Waals surface area contributed by atoms with Crippen molar-refractivity contribution in [3.05, 3.63) is 58.1 Å². The maximum Gasteiger partial charge on any atom is 0.0457 e. The summed E-state index contributed by atoms with van der Waals surface area (Å²) in [6.45, 7) is 4.36. The van der Waals surface area contributed by atoms with Gasteiger partial charge >= 0.3 is 0 Å². The van der Waals surface area contributed by atoms with Gasteiger partial charge in [0, 0.05) is 28.9 Å². The zero-order valence-corrected chi connectivity index (χ0v) is 14.7. The van der Waals surface area contributed by atoms with E-state index >= 15 is 0 Å². The fraction of sp³-hybridized carbons (Fsp3) is 0.333. The number of anilines is 2. The smallest absolute Gasteiger partial charge is 0.0457 e. The van der Waals surface area contributed by atoms with E-state index < -0.39 is 0 Å². The minimum Gasteiger partial charge on any atom is -0.344 e. The van der Waals surface area contributed by atoms with Crippen molar-refractivity contribution in [2.24, 2.45) is 0 Å². The molecule has 3 heteroatoms. The fourth-order valence-corrected chi connectivity index (χ4v) is 2.81. The van der Waals surface area contributed by atoms with Gasteiger partial charge in [-0.25, -0.2) is 0 Å². The SMILES string of the molecule is CCc1ccc(N(C)c2ccc(Br)cc2C(C)NC)cc1. The van der Waals surface area contributed by atoms with Crippen LogP contribution in [-0.4, -0.2) is 14.1 Å². The van der Waals surface area contributed by atoms with E-state index in [9.17, 15) is 0 Å². The summed E-state index contributed by atoms with van der Waals surface area (Å²) >= 11 is 3.57. The summed E-state index contributed by atoms with van der Waals surface area (Å²) in [6, 6.07) is 15.5. The lowest BCUT2D eigenvalue weighted by molar-refractivity contribution is 0.652. The molecule has 0 bridgehead atoms. The Labute approximate surface area is 136 Å². The van der Waals surface area contributed by atoms with Gasteiger partial charge in [0.05, 0.1) is 0 Å². The standard InChI is InChI=1S/C18H23BrN2/c1-5-14-6-9-16(10-7-14)21(4)18-11-8-15(19)12-17(18)13(2)20-3/h6-13,20H,5H2,1-4H3. The molecule has 0 radical (unpaired) electrons. The third-order valence-electron chi connectivity index (χ3n) is 3.98. The van der Waals surface area contributed by atoms with Crippen LogP contribution in [0.15, 0.2) is 46.9 Å². The van der Waals surface area contributed by atoms with Gasteiger partial charge in [-0.3, -0.25) is 0 Å². The molecule has 0 heterocycles. The van der Waals surface area contributed by atoms with Crippen LogP contribution in [0.2, 0.25) is 0 Å². The summed E-state index contributed by atoms with van der Waals surface area (Å²) < 4.78 is 1.11. The van der Waals surface area contributed by atoms with Crippen LogP contribution in [0.5, 0.6) is 0 Å². The van der Waals surface area contributed by atoms with Gasteiger partial charge in [-0.05, 0) is 61.9 Å². The Kier molecular flexibility index (Phi) is 5.43. The second-order valence-corrected chi connectivity index (χ2v) is 6.21. The van der Waals surface area contributed by atoms with Crippen molar-refractivity contribution >= 4 is 27.3 Å². The highest BCUT2D eigenvalue weighted by Gasteiger charge is 2.14. The third kappa shape index (κ3) is 3.66. The molecule has 0 spiro atoms. The van der Waals surface area contributed by atoms with Gasteiger partial charge in [0.25, 0.3) is 0 Å². The first-order chi connectivity index (χ1) is 10.1. The van der Waals surface area contributed by atoms with E-state index in [0.717, 1.165) is 10.9 Å². The van der Waals surface area contributed by atoms with Crippen LogP contribution < -0.4 is 10.2 Å². The number of nitrogens with one attached hydrogen (secondary N) is 1. The topological polar surface area (TPSA) is 15.3 Å². The third-order valence-corrected chi connectivity index (χ3v) is 4.48. The van der Waals surface area contributed by atoms with E-state index in [1.807, 2.05) is 7.05 Å². The number of benzene rings is 2. The Morgan fingerprint density at radius 3 is 2.38 bits per heavy atom. The summed E-state index contributed by atoms with van der Waals surface area (Å²) in [6.07, 6.45) is 1.07. The van der Waals surface area contributed by atoms with Crippen molar-refractivity contribution in [3.8, 4) is 0 Å². The number of rotatable bonds is 5. The minimum atomic E-state index is 0.301. The number of aryl methyl sites for hydroxylation is 1. The van der Waals surface area contributed by atoms with Crippen molar-refractivity contribution in [3.63, 3.8) is 0 Å². The van der Waals surface area contributed by atoms with E-state index in [4.69, 9.17) is 0 Å². The first kappa shape index (κ1) is 16.1. The maximum atomic E-state index is 3.57. The van der Waals surface area contributed by atoms with Crippen LogP contribution in [0.1, 0.15) is 31.0 Å². The van der Waals surface area contributed by atoms with Crippen molar-refractivity contribution in [1.29, 1.82) is 0 Å². The summed E-state index contributed by atoms with van der Waals surface area (Å²) in [5.74, 6) is 0. The predicted octanol–water partition coefficient (Wildman–Crippen LogP) is 5.06. The second kappa shape index (κ2) is 7.10. The number of halogens is 1. The molecule has 0 saturated carbocycles. The van der Waals surface area contributed by atoms with Gasteiger partial charge in [0.1, 0.15) is 0 Å². The fourth-order valence-electron chi connectivity index (χ4n) is 2.43. The van der Waals surface area contributed by atoms with Gasteiger partial charge < -0.3 is 10.2 Å². The maximum absolute atomic E-state index is 3.57. The molecule has 2 nitrogen and oxygen atoms in total. The minimum absolute atomic E-state index is 0.301. The Morgan fingerprint density at radius 1 is 1.14 bits per heavy atom. The van der Waals surface area contributed by atoms with Crippen LogP contribution >= 0.6 is 15.9 Å². The summed E-state index contributed by atoms with van der Waals surface area (Å²) in [7, 11) is 4.11. The zero-order valence-electron chi connectivity index (χ0n) is 13.2. The molecule has 0 amide bonds. The number of hydrogen-bond acceptors (Lipinski definition) is 2. The Balaban J connectivity index is 2.39. The van der Waals surface area contributed by atoms with Crippen molar-refractivity contribution < 1.29 is 0 Å². The number of nitrogens with zero attached hydrogens (tertiary/aromatic N) is 1. The normalized spacial score (nSPS) is 12.2. The lowest BCUT2D eigenvalue weighted by Crippen LogP contribution is -2.18. The van der Waals surface area contributed by atoms with Crippen LogP contribution in [-0.2, 0) is 6.42 Å². The van der Waals surface area contributed by atoms with E-state index in [1.54, 1.807) is 0 Å². The monoisotopic (exact) mass is 346 g/mol. The van der Waals surface area contributed by atoms with Gasteiger partial charge in [-0.2, -0.15) is 0 Å². The van der Waals surface area contributed by atoms with Gasteiger partial charge in [-0.15, -0.1) is 0 Å². The Morgan fingerprint density at radius 2 is 1.81 bits per heavy atom. The van der Waals surface area contributed by atoms with Gasteiger partial charge in [0.15, 0.2) is 0 Å². The molecule has 0 fully saturated rings. The van der Waals surface area contributed by atoms with E-state index in [1.165, 1.54) is 22.5 Å². The van der Waals surface area contributed by atoms with Crippen molar-refractivity contribution in [2.75, 3.05) is 19.0 Å². The molecule has 0 aliphatic carbocycles. The molecule has 1 atom stereocenters.